The largest absolute Gasteiger partial charge is 0.330 e. The molecule has 6 heteroatoms. The summed E-state index contributed by atoms with van der Waals surface area (Å²) in [5.41, 5.74) is 9.07. The Hall–Kier alpha value is -1.62. The van der Waals surface area contributed by atoms with E-state index in [1.54, 1.807) is 12.4 Å². The summed E-state index contributed by atoms with van der Waals surface area (Å²) in [6, 6.07) is 12.1. The van der Waals surface area contributed by atoms with Gasteiger partial charge in [0.2, 0.25) is 5.91 Å². The number of nitrogens with zero attached hydrogens (tertiary/aromatic N) is 1. The molecule has 0 spiro atoms. The van der Waals surface area contributed by atoms with Crippen LogP contribution in [0.1, 0.15) is 30.4 Å². The standard InChI is InChI=1S/C19H23N3O.2ClH/c20-13-16-2-1-3-18(16)19(23)22-17-6-4-14(5-7-17)12-15-8-10-21-11-9-15;;/h4-11,16,18H,1-3,12-13,20H2,(H,22,23);2*1H/t16-,18-;;/m1../s1. The summed E-state index contributed by atoms with van der Waals surface area (Å²) in [5, 5.41) is 3.03. The Morgan fingerprint density at radius 3 is 2.32 bits per heavy atom. The van der Waals surface area contributed by atoms with Crippen molar-refractivity contribution in [2.24, 2.45) is 17.6 Å². The lowest BCUT2D eigenvalue weighted by atomic mass is 9.95. The smallest absolute Gasteiger partial charge is 0.227 e. The second-order valence-corrected chi connectivity index (χ2v) is 6.25. The third-order valence-electron chi connectivity index (χ3n) is 4.68. The van der Waals surface area contributed by atoms with Crippen LogP contribution in [-0.4, -0.2) is 17.4 Å². The molecule has 1 aromatic heterocycles. The predicted molar refractivity (Wildman–Crippen MR) is 106 cm³/mol. The first-order chi connectivity index (χ1) is 11.3. The summed E-state index contributed by atoms with van der Waals surface area (Å²) in [6.07, 6.45) is 7.60. The van der Waals surface area contributed by atoms with Crippen LogP contribution in [-0.2, 0) is 11.2 Å². The topological polar surface area (TPSA) is 68.0 Å². The van der Waals surface area contributed by atoms with Crippen molar-refractivity contribution in [1.29, 1.82) is 0 Å². The molecule has 0 aliphatic heterocycles. The number of hydrogen-bond donors (Lipinski definition) is 2. The molecule has 1 fully saturated rings. The fourth-order valence-corrected chi connectivity index (χ4v) is 3.34. The maximum atomic E-state index is 12.4. The molecule has 0 saturated heterocycles. The molecule has 0 radical (unpaired) electrons. The lowest BCUT2D eigenvalue weighted by Crippen LogP contribution is -2.29. The van der Waals surface area contributed by atoms with E-state index in [2.05, 4.69) is 22.4 Å². The molecule has 136 valence electrons. The number of halogens is 2. The molecule has 1 aliphatic carbocycles. The molecule has 1 saturated carbocycles. The van der Waals surface area contributed by atoms with E-state index in [-0.39, 0.29) is 36.6 Å². The van der Waals surface area contributed by atoms with Crippen molar-refractivity contribution in [3.63, 3.8) is 0 Å². The maximum absolute atomic E-state index is 12.4. The van der Waals surface area contributed by atoms with E-state index >= 15 is 0 Å². The minimum atomic E-state index is 0. The van der Waals surface area contributed by atoms with E-state index in [1.807, 2.05) is 24.3 Å². The molecule has 3 rings (SSSR count). The number of nitrogens with one attached hydrogen (secondary N) is 1. The van der Waals surface area contributed by atoms with Gasteiger partial charge in [-0.15, -0.1) is 24.8 Å². The van der Waals surface area contributed by atoms with Crippen LogP contribution in [0.2, 0.25) is 0 Å². The van der Waals surface area contributed by atoms with Crippen LogP contribution >= 0.6 is 24.8 Å². The lowest BCUT2D eigenvalue weighted by Gasteiger charge is -2.17. The summed E-state index contributed by atoms with van der Waals surface area (Å²) in [4.78, 5) is 16.4. The van der Waals surface area contributed by atoms with Crippen molar-refractivity contribution in [3.8, 4) is 0 Å². The molecule has 3 N–H and O–H groups in total. The lowest BCUT2D eigenvalue weighted by molar-refractivity contribution is -0.120. The Labute approximate surface area is 161 Å². The molecule has 0 bridgehead atoms. The fraction of sp³-hybridized carbons (Fsp3) is 0.368. The van der Waals surface area contributed by atoms with E-state index in [0.29, 0.717) is 12.5 Å². The van der Waals surface area contributed by atoms with Crippen molar-refractivity contribution in [2.45, 2.75) is 25.7 Å². The number of amides is 1. The number of anilines is 1. The minimum Gasteiger partial charge on any atom is -0.330 e. The third-order valence-corrected chi connectivity index (χ3v) is 4.68. The molecule has 1 aromatic carbocycles. The Kier molecular flexibility index (Phi) is 8.90. The number of hydrogen-bond acceptors (Lipinski definition) is 3. The van der Waals surface area contributed by atoms with Gasteiger partial charge < -0.3 is 11.1 Å². The zero-order valence-electron chi connectivity index (χ0n) is 14.1. The van der Waals surface area contributed by atoms with Gasteiger partial charge in [-0.2, -0.15) is 0 Å². The van der Waals surface area contributed by atoms with E-state index in [9.17, 15) is 4.79 Å². The van der Waals surface area contributed by atoms with Gasteiger partial charge in [0.25, 0.3) is 0 Å². The van der Waals surface area contributed by atoms with Crippen LogP contribution in [0.3, 0.4) is 0 Å². The van der Waals surface area contributed by atoms with Crippen molar-refractivity contribution in [3.05, 3.63) is 59.9 Å². The van der Waals surface area contributed by atoms with Crippen LogP contribution in [0.15, 0.2) is 48.8 Å². The molecular formula is C19H25Cl2N3O. The zero-order valence-corrected chi connectivity index (χ0v) is 15.7. The van der Waals surface area contributed by atoms with Crippen molar-refractivity contribution in [2.75, 3.05) is 11.9 Å². The van der Waals surface area contributed by atoms with Gasteiger partial charge in [-0.1, -0.05) is 18.6 Å². The minimum absolute atomic E-state index is 0. The molecule has 1 heterocycles. The number of rotatable bonds is 5. The van der Waals surface area contributed by atoms with Crippen LogP contribution < -0.4 is 11.1 Å². The summed E-state index contributed by atoms with van der Waals surface area (Å²) in [6.45, 7) is 0.600. The summed E-state index contributed by atoms with van der Waals surface area (Å²) >= 11 is 0. The highest BCUT2D eigenvalue weighted by Crippen LogP contribution is 2.31. The second kappa shape index (κ2) is 10.4. The number of benzene rings is 1. The number of aromatic nitrogens is 1. The van der Waals surface area contributed by atoms with Crippen LogP contribution in [0.4, 0.5) is 5.69 Å². The molecule has 1 aliphatic rings. The summed E-state index contributed by atoms with van der Waals surface area (Å²) in [5.74, 6) is 0.511. The van der Waals surface area contributed by atoms with Crippen LogP contribution in [0, 0.1) is 11.8 Å². The third kappa shape index (κ3) is 5.70. The monoisotopic (exact) mass is 381 g/mol. The SMILES string of the molecule is Cl.Cl.NC[C@H]1CCC[C@H]1C(=O)Nc1ccc(Cc2ccncc2)cc1. The summed E-state index contributed by atoms with van der Waals surface area (Å²) < 4.78 is 0. The van der Waals surface area contributed by atoms with Crippen molar-refractivity contribution in [1.82, 2.24) is 4.98 Å². The highest BCUT2D eigenvalue weighted by molar-refractivity contribution is 5.92. The molecule has 0 unspecified atom stereocenters. The Morgan fingerprint density at radius 1 is 1.04 bits per heavy atom. The first kappa shape index (κ1) is 21.4. The molecule has 1 amide bonds. The highest BCUT2D eigenvalue weighted by atomic mass is 35.5. The average molecular weight is 382 g/mol. The number of carbonyl (C=O) groups is 1. The summed E-state index contributed by atoms with van der Waals surface area (Å²) in [7, 11) is 0. The fourth-order valence-electron chi connectivity index (χ4n) is 3.34. The van der Waals surface area contributed by atoms with E-state index in [0.717, 1.165) is 31.4 Å². The maximum Gasteiger partial charge on any atom is 0.227 e. The first-order valence-corrected chi connectivity index (χ1v) is 8.25. The van der Waals surface area contributed by atoms with E-state index in [4.69, 9.17) is 5.73 Å². The number of carbonyl (C=O) groups excluding carboxylic acids is 1. The van der Waals surface area contributed by atoms with Gasteiger partial charge >= 0.3 is 0 Å². The Morgan fingerprint density at radius 2 is 1.68 bits per heavy atom. The normalized spacial score (nSPS) is 18.8. The van der Waals surface area contributed by atoms with Gasteiger partial charge in [-0.05, 0) is 67.1 Å². The van der Waals surface area contributed by atoms with E-state index in [1.165, 1.54) is 11.1 Å². The number of pyridine rings is 1. The average Bonchev–Trinajstić information content (AvgIpc) is 3.06. The van der Waals surface area contributed by atoms with Gasteiger partial charge in [0, 0.05) is 24.0 Å². The van der Waals surface area contributed by atoms with Crippen LogP contribution in [0.5, 0.6) is 0 Å². The zero-order chi connectivity index (χ0) is 16.1. The predicted octanol–water partition coefficient (Wildman–Crippen LogP) is 3.83. The van der Waals surface area contributed by atoms with E-state index < -0.39 is 0 Å². The molecular weight excluding hydrogens is 357 g/mol. The van der Waals surface area contributed by atoms with Gasteiger partial charge in [-0.25, -0.2) is 0 Å². The Balaban J connectivity index is 0.00000156. The van der Waals surface area contributed by atoms with Gasteiger partial charge in [0.05, 0.1) is 0 Å². The highest BCUT2D eigenvalue weighted by Gasteiger charge is 2.31. The molecule has 25 heavy (non-hydrogen) atoms. The van der Waals surface area contributed by atoms with Crippen molar-refractivity contribution >= 4 is 36.4 Å². The first-order valence-electron chi connectivity index (χ1n) is 8.25. The molecule has 2 aromatic rings. The number of nitrogens with two attached hydrogens (primary N) is 1. The second-order valence-electron chi connectivity index (χ2n) is 6.25. The molecule has 4 nitrogen and oxygen atoms in total. The quantitative estimate of drug-likeness (QED) is 0.826. The van der Waals surface area contributed by atoms with Gasteiger partial charge in [-0.3, -0.25) is 9.78 Å². The van der Waals surface area contributed by atoms with Gasteiger partial charge in [0.1, 0.15) is 0 Å². The van der Waals surface area contributed by atoms with Crippen molar-refractivity contribution < 1.29 is 4.79 Å². The van der Waals surface area contributed by atoms with Crippen LogP contribution in [0.25, 0.3) is 0 Å². The Bertz CT molecular complexity index is 649. The van der Waals surface area contributed by atoms with Gasteiger partial charge in [0.15, 0.2) is 0 Å². The molecule has 2 atom stereocenters.